The number of benzene rings is 1. The zero-order valence-corrected chi connectivity index (χ0v) is 11.0. The third kappa shape index (κ3) is 2.70. The van der Waals surface area contributed by atoms with Crippen LogP contribution in [-0.4, -0.2) is 22.5 Å². The first-order chi connectivity index (χ1) is 8.92. The van der Waals surface area contributed by atoms with Gasteiger partial charge >= 0.3 is 0 Å². The molecule has 0 spiro atoms. The van der Waals surface area contributed by atoms with E-state index in [0.29, 0.717) is 6.04 Å². The fraction of sp³-hybridized carbons (Fsp3) is 0.357. The first-order valence-electron chi connectivity index (χ1n) is 6.25. The standard InChI is InChI=1S/C14H16N2OS/c1-2-11(14-9-15-10-17-14)8-13(3-1)16-12-4-6-18-7-5-12/h1-3,8-10,12,16H,4-7H2. The van der Waals surface area contributed by atoms with E-state index in [2.05, 4.69) is 28.5 Å². The van der Waals surface area contributed by atoms with Gasteiger partial charge in [0, 0.05) is 17.3 Å². The molecule has 0 bridgehead atoms. The SMILES string of the molecule is c1cc(NC2CCSCC2)cc(-c2cnco2)c1. The van der Waals surface area contributed by atoms with Gasteiger partial charge < -0.3 is 9.73 Å². The molecular weight excluding hydrogens is 244 g/mol. The van der Waals surface area contributed by atoms with Gasteiger partial charge in [0.05, 0.1) is 6.20 Å². The summed E-state index contributed by atoms with van der Waals surface area (Å²) in [5.74, 6) is 3.34. The predicted molar refractivity (Wildman–Crippen MR) is 75.9 cm³/mol. The number of thioether (sulfide) groups is 1. The van der Waals surface area contributed by atoms with Crippen molar-refractivity contribution in [2.45, 2.75) is 18.9 Å². The Balaban J connectivity index is 1.74. The zero-order chi connectivity index (χ0) is 12.2. The molecule has 1 N–H and O–H groups in total. The number of hydrogen-bond donors (Lipinski definition) is 1. The van der Waals surface area contributed by atoms with Crippen molar-refractivity contribution in [1.82, 2.24) is 4.98 Å². The maximum atomic E-state index is 5.32. The second-order valence-corrected chi connectivity index (χ2v) is 5.70. The van der Waals surface area contributed by atoms with Crippen LogP contribution in [0.5, 0.6) is 0 Å². The molecule has 18 heavy (non-hydrogen) atoms. The molecule has 1 aromatic heterocycles. The Morgan fingerprint density at radius 1 is 1.28 bits per heavy atom. The summed E-state index contributed by atoms with van der Waals surface area (Å²) < 4.78 is 5.32. The fourth-order valence-corrected chi connectivity index (χ4v) is 3.30. The van der Waals surface area contributed by atoms with Crippen molar-refractivity contribution in [2.24, 2.45) is 0 Å². The van der Waals surface area contributed by atoms with Gasteiger partial charge in [-0.1, -0.05) is 12.1 Å². The summed E-state index contributed by atoms with van der Waals surface area (Å²) in [6, 6.07) is 8.94. The van der Waals surface area contributed by atoms with Gasteiger partial charge in [0.1, 0.15) is 0 Å². The Kier molecular flexibility index (Phi) is 3.55. The predicted octanol–water partition coefficient (Wildman–Crippen LogP) is 3.65. The molecule has 3 rings (SSSR count). The molecule has 0 atom stereocenters. The van der Waals surface area contributed by atoms with E-state index in [1.165, 1.54) is 36.4 Å². The van der Waals surface area contributed by atoms with Crippen molar-refractivity contribution in [3.8, 4) is 11.3 Å². The Morgan fingerprint density at radius 2 is 2.17 bits per heavy atom. The molecule has 1 fully saturated rings. The Hall–Kier alpha value is -1.42. The van der Waals surface area contributed by atoms with Crippen molar-refractivity contribution in [1.29, 1.82) is 0 Å². The van der Waals surface area contributed by atoms with E-state index >= 15 is 0 Å². The average molecular weight is 260 g/mol. The third-order valence-electron chi connectivity index (χ3n) is 3.17. The van der Waals surface area contributed by atoms with Crippen LogP contribution in [0.2, 0.25) is 0 Å². The lowest BCUT2D eigenvalue weighted by molar-refractivity contribution is 0.572. The van der Waals surface area contributed by atoms with Gasteiger partial charge in [0.15, 0.2) is 12.2 Å². The van der Waals surface area contributed by atoms with Crippen molar-refractivity contribution in [3.05, 3.63) is 36.9 Å². The van der Waals surface area contributed by atoms with E-state index < -0.39 is 0 Å². The molecule has 2 aromatic rings. The van der Waals surface area contributed by atoms with Gasteiger partial charge in [-0.25, -0.2) is 4.98 Å². The summed E-state index contributed by atoms with van der Waals surface area (Å²) in [5.41, 5.74) is 2.24. The number of hydrogen-bond acceptors (Lipinski definition) is 4. The summed E-state index contributed by atoms with van der Waals surface area (Å²) in [6.07, 6.45) is 5.71. The number of nitrogens with one attached hydrogen (secondary N) is 1. The molecule has 0 aliphatic carbocycles. The highest BCUT2D eigenvalue weighted by atomic mass is 32.2. The Morgan fingerprint density at radius 3 is 2.94 bits per heavy atom. The van der Waals surface area contributed by atoms with Crippen molar-refractivity contribution in [3.63, 3.8) is 0 Å². The highest BCUT2D eigenvalue weighted by molar-refractivity contribution is 7.99. The first kappa shape index (κ1) is 11.7. The molecule has 1 aliphatic heterocycles. The molecule has 2 heterocycles. The van der Waals surface area contributed by atoms with Crippen LogP contribution in [0.25, 0.3) is 11.3 Å². The molecular formula is C14H16N2OS. The number of nitrogens with zero attached hydrogens (tertiary/aromatic N) is 1. The molecule has 0 amide bonds. The van der Waals surface area contributed by atoms with Crippen LogP contribution in [-0.2, 0) is 0 Å². The summed E-state index contributed by atoms with van der Waals surface area (Å²) in [5, 5.41) is 3.61. The summed E-state index contributed by atoms with van der Waals surface area (Å²) >= 11 is 2.05. The molecule has 4 heteroatoms. The van der Waals surface area contributed by atoms with Crippen LogP contribution in [0.3, 0.4) is 0 Å². The van der Waals surface area contributed by atoms with Gasteiger partial charge in [0.25, 0.3) is 0 Å². The van der Waals surface area contributed by atoms with Gasteiger partial charge in [0.2, 0.25) is 0 Å². The topological polar surface area (TPSA) is 38.1 Å². The minimum atomic E-state index is 0.608. The Labute approximate surface area is 111 Å². The van der Waals surface area contributed by atoms with E-state index in [0.717, 1.165) is 11.3 Å². The fourth-order valence-electron chi connectivity index (χ4n) is 2.20. The van der Waals surface area contributed by atoms with E-state index in [4.69, 9.17) is 4.42 Å². The highest BCUT2D eigenvalue weighted by Crippen LogP contribution is 2.25. The van der Waals surface area contributed by atoms with E-state index in [1.807, 2.05) is 17.8 Å². The van der Waals surface area contributed by atoms with E-state index in [-0.39, 0.29) is 0 Å². The maximum Gasteiger partial charge on any atom is 0.181 e. The number of rotatable bonds is 3. The molecule has 1 aromatic carbocycles. The normalized spacial score (nSPS) is 16.7. The molecule has 0 unspecified atom stereocenters. The highest BCUT2D eigenvalue weighted by Gasteiger charge is 2.13. The zero-order valence-electron chi connectivity index (χ0n) is 10.1. The maximum absolute atomic E-state index is 5.32. The lowest BCUT2D eigenvalue weighted by atomic mass is 10.1. The second kappa shape index (κ2) is 5.48. The van der Waals surface area contributed by atoms with Crippen LogP contribution < -0.4 is 5.32 Å². The quantitative estimate of drug-likeness (QED) is 0.914. The van der Waals surface area contributed by atoms with Crippen LogP contribution >= 0.6 is 11.8 Å². The molecule has 94 valence electrons. The number of oxazole rings is 1. The summed E-state index contributed by atoms with van der Waals surface area (Å²) in [4.78, 5) is 3.95. The Bertz CT molecular complexity index is 492. The van der Waals surface area contributed by atoms with Crippen molar-refractivity contribution >= 4 is 17.4 Å². The third-order valence-corrected chi connectivity index (χ3v) is 4.22. The van der Waals surface area contributed by atoms with Gasteiger partial charge in [-0.2, -0.15) is 11.8 Å². The second-order valence-electron chi connectivity index (χ2n) is 4.48. The average Bonchev–Trinajstić information content (AvgIpc) is 2.94. The van der Waals surface area contributed by atoms with Crippen molar-refractivity contribution in [2.75, 3.05) is 16.8 Å². The molecule has 0 saturated carbocycles. The lowest BCUT2D eigenvalue weighted by Crippen LogP contribution is -2.24. The van der Waals surface area contributed by atoms with E-state index in [9.17, 15) is 0 Å². The minimum absolute atomic E-state index is 0.608. The van der Waals surface area contributed by atoms with Gasteiger partial charge in [-0.15, -0.1) is 0 Å². The van der Waals surface area contributed by atoms with Crippen LogP contribution in [0.1, 0.15) is 12.8 Å². The number of aromatic nitrogens is 1. The summed E-state index contributed by atoms with van der Waals surface area (Å²) in [7, 11) is 0. The summed E-state index contributed by atoms with van der Waals surface area (Å²) in [6.45, 7) is 0. The number of anilines is 1. The van der Waals surface area contributed by atoms with E-state index in [1.54, 1.807) is 6.20 Å². The molecule has 0 radical (unpaired) electrons. The lowest BCUT2D eigenvalue weighted by Gasteiger charge is -2.23. The smallest absolute Gasteiger partial charge is 0.181 e. The van der Waals surface area contributed by atoms with Crippen LogP contribution in [0, 0.1) is 0 Å². The minimum Gasteiger partial charge on any atom is -0.444 e. The van der Waals surface area contributed by atoms with Gasteiger partial charge in [-0.3, -0.25) is 0 Å². The monoisotopic (exact) mass is 260 g/mol. The van der Waals surface area contributed by atoms with Crippen molar-refractivity contribution < 1.29 is 4.42 Å². The molecule has 1 saturated heterocycles. The molecule has 1 aliphatic rings. The first-order valence-corrected chi connectivity index (χ1v) is 7.40. The molecule has 3 nitrogen and oxygen atoms in total. The largest absolute Gasteiger partial charge is 0.444 e. The van der Waals surface area contributed by atoms with Crippen LogP contribution in [0.4, 0.5) is 5.69 Å². The van der Waals surface area contributed by atoms with Crippen LogP contribution in [0.15, 0.2) is 41.3 Å². The van der Waals surface area contributed by atoms with Gasteiger partial charge in [-0.05, 0) is 36.5 Å².